The van der Waals surface area contributed by atoms with E-state index >= 15 is 0 Å². The van der Waals surface area contributed by atoms with Crippen LogP contribution in [0.2, 0.25) is 0 Å². The first kappa shape index (κ1) is 14.1. The van der Waals surface area contributed by atoms with Crippen molar-refractivity contribution in [1.29, 1.82) is 0 Å². The number of aromatic nitrogens is 2. The zero-order chi connectivity index (χ0) is 13.9. The van der Waals surface area contributed by atoms with Gasteiger partial charge in [0, 0.05) is 11.7 Å². The molecule has 18 heavy (non-hydrogen) atoms. The summed E-state index contributed by atoms with van der Waals surface area (Å²) in [6.07, 6.45) is 1.30. The summed E-state index contributed by atoms with van der Waals surface area (Å²) in [5.74, 6) is -0.732. The first-order chi connectivity index (χ1) is 8.21. The minimum atomic E-state index is -0.961. The lowest BCUT2D eigenvalue weighted by atomic mass is 10.00. The van der Waals surface area contributed by atoms with Crippen LogP contribution < -0.4 is 5.32 Å². The summed E-state index contributed by atoms with van der Waals surface area (Å²) in [6.45, 7) is 6.77. The molecule has 98 valence electrons. The maximum Gasteiger partial charge on any atom is 0.305 e. The molecule has 0 spiro atoms. The van der Waals surface area contributed by atoms with E-state index in [4.69, 9.17) is 5.11 Å². The Morgan fingerprint density at radius 2 is 2.00 bits per heavy atom. The lowest BCUT2D eigenvalue weighted by molar-refractivity contribution is -0.138. The van der Waals surface area contributed by atoms with E-state index < -0.39 is 11.5 Å². The summed E-state index contributed by atoms with van der Waals surface area (Å²) in [4.78, 5) is 30.7. The molecule has 1 heterocycles. The molecule has 2 N–H and O–H groups in total. The topological polar surface area (TPSA) is 92.2 Å². The molecule has 0 aromatic carbocycles. The molecule has 1 rings (SSSR count). The van der Waals surface area contributed by atoms with Crippen molar-refractivity contribution < 1.29 is 14.7 Å². The Hall–Kier alpha value is -1.98. The van der Waals surface area contributed by atoms with Gasteiger partial charge in [-0.2, -0.15) is 0 Å². The number of hydrogen-bond donors (Lipinski definition) is 2. The predicted octanol–water partition coefficient (Wildman–Crippen LogP) is 1.08. The van der Waals surface area contributed by atoms with Crippen LogP contribution in [0.4, 0.5) is 0 Å². The molecule has 0 bridgehead atoms. The smallest absolute Gasteiger partial charge is 0.305 e. The van der Waals surface area contributed by atoms with Crippen molar-refractivity contribution in [3.8, 4) is 0 Å². The number of carboxylic acid groups (broad SMARTS) is 1. The minimum Gasteiger partial charge on any atom is -0.481 e. The van der Waals surface area contributed by atoms with E-state index in [0.29, 0.717) is 17.1 Å². The largest absolute Gasteiger partial charge is 0.481 e. The number of nitrogens with zero attached hydrogens (tertiary/aromatic N) is 2. The maximum atomic E-state index is 12.0. The fraction of sp³-hybridized carbons (Fsp3) is 0.500. The van der Waals surface area contributed by atoms with Crippen LogP contribution in [0.25, 0.3) is 0 Å². The van der Waals surface area contributed by atoms with Gasteiger partial charge in [0.05, 0.1) is 17.7 Å². The van der Waals surface area contributed by atoms with Gasteiger partial charge in [0.1, 0.15) is 5.82 Å². The summed E-state index contributed by atoms with van der Waals surface area (Å²) < 4.78 is 0. The standard InChI is InChI=1S/C12H17N3O3/c1-7-9(6-13-8(2)14-7)11(18)15-12(3,4)5-10(16)17/h6H,5H2,1-4H3,(H,15,18)(H,16,17). The minimum absolute atomic E-state index is 0.148. The van der Waals surface area contributed by atoms with E-state index in [1.54, 1.807) is 27.7 Å². The van der Waals surface area contributed by atoms with E-state index in [2.05, 4.69) is 15.3 Å². The van der Waals surface area contributed by atoms with Crippen molar-refractivity contribution >= 4 is 11.9 Å². The number of hydrogen-bond acceptors (Lipinski definition) is 4. The second kappa shape index (κ2) is 5.12. The van der Waals surface area contributed by atoms with Crippen LogP contribution >= 0.6 is 0 Å². The van der Waals surface area contributed by atoms with E-state index in [0.717, 1.165) is 0 Å². The Bertz CT molecular complexity index is 483. The second-order valence-electron chi connectivity index (χ2n) is 4.82. The van der Waals surface area contributed by atoms with E-state index in [9.17, 15) is 9.59 Å². The van der Waals surface area contributed by atoms with E-state index in [-0.39, 0.29) is 12.3 Å². The Labute approximate surface area is 105 Å². The molecule has 1 aromatic rings. The molecule has 0 aliphatic carbocycles. The fourth-order valence-corrected chi connectivity index (χ4v) is 1.60. The van der Waals surface area contributed by atoms with E-state index in [1.165, 1.54) is 6.20 Å². The normalized spacial score (nSPS) is 11.1. The van der Waals surface area contributed by atoms with Gasteiger partial charge < -0.3 is 10.4 Å². The molecule has 0 unspecified atom stereocenters. The molecule has 0 aliphatic rings. The first-order valence-corrected chi connectivity index (χ1v) is 5.56. The van der Waals surface area contributed by atoms with Crippen LogP contribution in [0.1, 0.15) is 42.1 Å². The number of nitrogens with one attached hydrogen (secondary N) is 1. The Morgan fingerprint density at radius 1 is 1.39 bits per heavy atom. The third kappa shape index (κ3) is 3.80. The monoisotopic (exact) mass is 251 g/mol. The molecule has 0 radical (unpaired) electrons. The summed E-state index contributed by atoms with van der Waals surface area (Å²) >= 11 is 0. The van der Waals surface area contributed by atoms with Gasteiger partial charge in [-0.3, -0.25) is 9.59 Å². The number of carbonyl (C=O) groups excluding carboxylic acids is 1. The van der Waals surface area contributed by atoms with Crippen LogP contribution in [0.15, 0.2) is 6.20 Å². The van der Waals surface area contributed by atoms with E-state index in [1.807, 2.05) is 0 Å². The molecule has 6 heteroatoms. The zero-order valence-corrected chi connectivity index (χ0v) is 10.9. The summed E-state index contributed by atoms with van der Waals surface area (Å²) in [6, 6.07) is 0. The summed E-state index contributed by atoms with van der Waals surface area (Å²) in [5, 5.41) is 11.4. The number of carbonyl (C=O) groups is 2. The molecule has 0 aliphatic heterocycles. The van der Waals surface area contributed by atoms with Crippen molar-refractivity contribution in [2.75, 3.05) is 0 Å². The van der Waals surface area contributed by atoms with Crippen LogP contribution in [0.3, 0.4) is 0 Å². The third-order valence-corrected chi connectivity index (χ3v) is 2.39. The van der Waals surface area contributed by atoms with Crippen molar-refractivity contribution in [2.45, 2.75) is 39.7 Å². The quantitative estimate of drug-likeness (QED) is 0.835. The fourth-order valence-electron chi connectivity index (χ4n) is 1.60. The Balaban J connectivity index is 2.85. The van der Waals surface area contributed by atoms with Gasteiger partial charge in [0.25, 0.3) is 5.91 Å². The van der Waals surface area contributed by atoms with Gasteiger partial charge in [-0.1, -0.05) is 0 Å². The highest BCUT2D eigenvalue weighted by molar-refractivity contribution is 5.95. The molecule has 0 atom stereocenters. The van der Waals surface area contributed by atoms with Crippen LogP contribution in [-0.2, 0) is 4.79 Å². The maximum absolute atomic E-state index is 12.0. The number of aryl methyl sites for hydroxylation is 2. The molecule has 0 saturated heterocycles. The van der Waals surface area contributed by atoms with Crippen molar-refractivity contribution in [1.82, 2.24) is 15.3 Å². The average molecular weight is 251 g/mol. The Kier molecular flexibility index (Phi) is 4.00. The number of amides is 1. The van der Waals surface area contributed by atoms with Gasteiger partial charge >= 0.3 is 5.97 Å². The molecule has 6 nitrogen and oxygen atoms in total. The highest BCUT2D eigenvalue weighted by atomic mass is 16.4. The van der Waals surface area contributed by atoms with Crippen molar-refractivity contribution in [3.05, 3.63) is 23.3 Å². The first-order valence-electron chi connectivity index (χ1n) is 5.56. The molecule has 1 aromatic heterocycles. The van der Waals surface area contributed by atoms with Crippen LogP contribution in [0, 0.1) is 13.8 Å². The molecular weight excluding hydrogens is 234 g/mol. The lowest BCUT2D eigenvalue weighted by Gasteiger charge is -2.24. The van der Waals surface area contributed by atoms with Gasteiger partial charge in [-0.25, -0.2) is 9.97 Å². The lowest BCUT2D eigenvalue weighted by Crippen LogP contribution is -2.45. The van der Waals surface area contributed by atoms with Crippen LogP contribution in [0.5, 0.6) is 0 Å². The van der Waals surface area contributed by atoms with Gasteiger partial charge in [0.15, 0.2) is 0 Å². The van der Waals surface area contributed by atoms with Gasteiger partial charge in [-0.15, -0.1) is 0 Å². The highest BCUT2D eigenvalue weighted by Crippen LogP contribution is 2.11. The summed E-state index contributed by atoms with van der Waals surface area (Å²) in [7, 11) is 0. The molecule has 0 saturated carbocycles. The number of rotatable bonds is 4. The highest BCUT2D eigenvalue weighted by Gasteiger charge is 2.25. The van der Waals surface area contributed by atoms with Crippen molar-refractivity contribution in [2.24, 2.45) is 0 Å². The molecule has 1 amide bonds. The molecular formula is C12H17N3O3. The predicted molar refractivity (Wildman–Crippen MR) is 65.3 cm³/mol. The summed E-state index contributed by atoms with van der Waals surface area (Å²) in [5.41, 5.74) is 0.116. The zero-order valence-electron chi connectivity index (χ0n) is 10.9. The SMILES string of the molecule is Cc1ncc(C(=O)NC(C)(C)CC(=O)O)c(C)n1. The third-order valence-electron chi connectivity index (χ3n) is 2.39. The number of aliphatic carboxylic acids is 1. The van der Waals surface area contributed by atoms with Crippen molar-refractivity contribution in [3.63, 3.8) is 0 Å². The van der Waals surface area contributed by atoms with Gasteiger partial charge in [0.2, 0.25) is 0 Å². The molecule has 0 fully saturated rings. The Morgan fingerprint density at radius 3 is 2.50 bits per heavy atom. The average Bonchev–Trinajstić information content (AvgIpc) is 2.13. The second-order valence-corrected chi connectivity index (χ2v) is 4.82. The number of carboxylic acids is 1. The van der Waals surface area contributed by atoms with Gasteiger partial charge in [-0.05, 0) is 27.7 Å². The van der Waals surface area contributed by atoms with Crippen LogP contribution in [-0.4, -0.2) is 32.5 Å².